The van der Waals surface area contributed by atoms with Crippen LogP contribution in [0.15, 0.2) is 55.1 Å². The third-order valence-electron chi connectivity index (χ3n) is 4.83. The van der Waals surface area contributed by atoms with Gasteiger partial charge in [-0.2, -0.15) is 0 Å². The molecule has 0 spiro atoms. The molecule has 3 aromatic rings. The zero-order chi connectivity index (χ0) is 21.8. The fourth-order valence-corrected chi connectivity index (χ4v) is 3.31. The number of aromatic nitrogens is 4. The van der Waals surface area contributed by atoms with Crippen molar-refractivity contribution in [1.82, 2.24) is 19.5 Å². The van der Waals surface area contributed by atoms with Crippen LogP contribution in [0.2, 0.25) is 0 Å². The number of esters is 1. The van der Waals surface area contributed by atoms with Gasteiger partial charge in [-0.1, -0.05) is 24.3 Å². The van der Waals surface area contributed by atoms with Gasteiger partial charge < -0.3 is 19.9 Å². The number of allylic oxidation sites excluding steroid dienone is 1. The SMILES string of the molecule is C/C=C/C(=O)OC[C@H]1O[C@@H](n2cnc3c(NC(=O)c4ccccc4)ncnc32)C[C@@H]1O. The van der Waals surface area contributed by atoms with Gasteiger partial charge in [0, 0.05) is 18.1 Å². The van der Waals surface area contributed by atoms with Crippen LogP contribution in [-0.4, -0.2) is 55.3 Å². The van der Waals surface area contributed by atoms with Crippen LogP contribution in [0.25, 0.3) is 11.2 Å². The Morgan fingerprint density at radius 3 is 2.87 bits per heavy atom. The quantitative estimate of drug-likeness (QED) is 0.454. The molecule has 10 heteroatoms. The minimum Gasteiger partial charge on any atom is -0.460 e. The van der Waals surface area contributed by atoms with Gasteiger partial charge >= 0.3 is 5.97 Å². The van der Waals surface area contributed by atoms with E-state index in [1.807, 2.05) is 6.07 Å². The molecule has 3 heterocycles. The van der Waals surface area contributed by atoms with Crippen molar-refractivity contribution in [2.45, 2.75) is 31.8 Å². The molecule has 0 saturated carbocycles. The molecule has 1 amide bonds. The minimum absolute atomic E-state index is 0.0686. The fourth-order valence-electron chi connectivity index (χ4n) is 3.31. The molecule has 0 bridgehead atoms. The van der Waals surface area contributed by atoms with Crippen molar-refractivity contribution in [3.63, 3.8) is 0 Å². The van der Waals surface area contributed by atoms with Crippen molar-refractivity contribution in [3.05, 3.63) is 60.7 Å². The van der Waals surface area contributed by atoms with Gasteiger partial charge in [-0.05, 0) is 19.1 Å². The Hall–Kier alpha value is -3.63. The first-order valence-electron chi connectivity index (χ1n) is 9.73. The molecule has 160 valence electrons. The summed E-state index contributed by atoms with van der Waals surface area (Å²) >= 11 is 0. The second kappa shape index (κ2) is 9.02. The fraction of sp³-hybridized carbons (Fsp3) is 0.286. The Morgan fingerprint density at radius 1 is 1.29 bits per heavy atom. The van der Waals surface area contributed by atoms with E-state index in [1.165, 1.54) is 18.7 Å². The first-order valence-corrected chi connectivity index (χ1v) is 9.73. The van der Waals surface area contributed by atoms with Crippen LogP contribution in [0.4, 0.5) is 5.82 Å². The van der Waals surface area contributed by atoms with Crippen LogP contribution in [0, 0.1) is 0 Å². The number of aliphatic hydroxyl groups excluding tert-OH is 1. The molecule has 1 aliphatic rings. The van der Waals surface area contributed by atoms with E-state index in [4.69, 9.17) is 9.47 Å². The molecule has 2 N–H and O–H groups in total. The normalized spacial score (nSPS) is 20.9. The Morgan fingerprint density at radius 2 is 2.10 bits per heavy atom. The van der Waals surface area contributed by atoms with E-state index in [0.717, 1.165) is 0 Å². The average molecular weight is 423 g/mol. The van der Waals surface area contributed by atoms with Crippen LogP contribution < -0.4 is 5.32 Å². The van der Waals surface area contributed by atoms with Crippen LogP contribution in [0.3, 0.4) is 0 Å². The number of amides is 1. The highest BCUT2D eigenvalue weighted by atomic mass is 16.6. The first-order chi connectivity index (χ1) is 15.1. The number of fused-ring (bicyclic) bond motifs is 1. The zero-order valence-electron chi connectivity index (χ0n) is 16.7. The van der Waals surface area contributed by atoms with Crippen molar-refractivity contribution in [1.29, 1.82) is 0 Å². The summed E-state index contributed by atoms with van der Waals surface area (Å²) < 4.78 is 12.6. The van der Waals surface area contributed by atoms with E-state index < -0.39 is 24.4 Å². The number of imidazole rings is 1. The summed E-state index contributed by atoms with van der Waals surface area (Å²) in [4.78, 5) is 36.7. The number of nitrogens with zero attached hydrogens (tertiary/aromatic N) is 4. The van der Waals surface area contributed by atoms with Crippen molar-refractivity contribution >= 4 is 28.9 Å². The predicted octanol–water partition coefficient (Wildman–Crippen LogP) is 1.85. The van der Waals surface area contributed by atoms with Gasteiger partial charge in [-0.15, -0.1) is 0 Å². The Kier molecular flexibility index (Phi) is 6.01. The molecule has 1 aromatic carbocycles. The molecule has 10 nitrogen and oxygen atoms in total. The van der Waals surface area contributed by atoms with Crippen LogP contribution in [-0.2, 0) is 14.3 Å². The monoisotopic (exact) mass is 423 g/mol. The van der Waals surface area contributed by atoms with Crippen molar-refractivity contribution in [2.75, 3.05) is 11.9 Å². The lowest BCUT2D eigenvalue weighted by Crippen LogP contribution is -2.27. The third-order valence-corrected chi connectivity index (χ3v) is 4.83. The number of hydrogen-bond donors (Lipinski definition) is 2. The summed E-state index contributed by atoms with van der Waals surface area (Å²) in [6.45, 7) is 1.64. The molecule has 0 aliphatic carbocycles. The molecule has 31 heavy (non-hydrogen) atoms. The molecular weight excluding hydrogens is 402 g/mol. The number of benzene rings is 1. The maximum Gasteiger partial charge on any atom is 0.330 e. The summed E-state index contributed by atoms with van der Waals surface area (Å²) in [6.07, 6.45) is 3.93. The second-order valence-corrected chi connectivity index (χ2v) is 6.93. The topological polar surface area (TPSA) is 128 Å². The number of nitrogens with one attached hydrogen (secondary N) is 1. The molecule has 1 saturated heterocycles. The maximum absolute atomic E-state index is 12.5. The lowest BCUT2D eigenvalue weighted by Gasteiger charge is -2.15. The number of carbonyl (C=O) groups excluding carboxylic acids is 2. The molecule has 1 aliphatic heterocycles. The molecule has 4 rings (SSSR count). The molecule has 0 radical (unpaired) electrons. The highest BCUT2D eigenvalue weighted by Crippen LogP contribution is 2.32. The van der Waals surface area contributed by atoms with Crippen molar-refractivity contribution in [3.8, 4) is 0 Å². The van der Waals surface area contributed by atoms with Gasteiger partial charge in [0.15, 0.2) is 17.0 Å². The zero-order valence-corrected chi connectivity index (χ0v) is 16.7. The standard InChI is InChI=1S/C21H21N5O5/c1-2-6-17(28)30-10-15-14(27)9-16(31-15)26-12-24-18-19(22-11-23-20(18)26)25-21(29)13-7-4-3-5-8-13/h2-8,11-12,14-16,27H,9-10H2,1H3,(H,22,23,25,29)/b6-2+/t14-,15+,16+/m0/s1. The van der Waals surface area contributed by atoms with Crippen LogP contribution in [0.1, 0.15) is 29.9 Å². The van der Waals surface area contributed by atoms with E-state index in [1.54, 1.807) is 41.8 Å². The van der Waals surface area contributed by atoms with Gasteiger partial charge in [0.2, 0.25) is 0 Å². The van der Waals surface area contributed by atoms with E-state index in [0.29, 0.717) is 16.7 Å². The Balaban J connectivity index is 1.50. The Labute approximate surface area is 177 Å². The second-order valence-electron chi connectivity index (χ2n) is 6.93. The summed E-state index contributed by atoms with van der Waals surface area (Å²) in [7, 11) is 0. The van der Waals surface area contributed by atoms with Gasteiger partial charge in [0.1, 0.15) is 25.3 Å². The number of aliphatic hydroxyl groups is 1. The molecule has 3 atom stereocenters. The summed E-state index contributed by atoms with van der Waals surface area (Å²) in [5.41, 5.74) is 1.33. The number of carbonyl (C=O) groups is 2. The van der Waals surface area contributed by atoms with Crippen LogP contribution >= 0.6 is 0 Å². The van der Waals surface area contributed by atoms with Crippen molar-refractivity contribution in [2.24, 2.45) is 0 Å². The number of ether oxygens (including phenoxy) is 2. The number of hydrogen-bond acceptors (Lipinski definition) is 8. The maximum atomic E-state index is 12.5. The Bertz CT molecular complexity index is 1110. The largest absolute Gasteiger partial charge is 0.460 e. The molecule has 0 unspecified atom stereocenters. The minimum atomic E-state index is -0.819. The number of anilines is 1. The van der Waals surface area contributed by atoms with Crippen LogP contribution in [0.5, 0.6) is 0 Å². The molecule has 2 aromatic heterocycles. The first kappa shape index (κ1) is 20.6. The third kappa shape index (κ3) is 4.44. The summed E-state index contributed by atoms with van der Waals surface area (Å²) in [5, 5.41) is 13.1. The highest BCUT2D eigenvalue weighted by molar-refractivity contribution is 6.06. The van der Waals surface area contributed by atoms with E-state index in [9.17, 15) is 14.7 Å². The summed E-state index contributed by atoms with van der Waals surface area (Å²) in [5.74, 6) is -0.542. The van der Waals surface area contributed by atoms with E-state index >= 15 is 0 Å². The van der Waals surface area contributed by atoms with Gasteiger partial charge in [0.05, 0.1) is 12.4 Å². The van der Waals surface area contributed by atoms with Gasteiger partial charge in [-0.25, -0.2) is 19.7 Å². The molecular formula is C21H21N5O5. The lowest BCUT2D eigenvalue weighted by molar-refractivity contribution is -0.144. The smallest absolute Gasteiger partial charge is 0.330 e. The highest BCUT2D eigenvalue weighted by Gasteiger charge is 2.36. The average Bonchev–Trinajstić information content (AvgIpc) is 3.37. The van der Waals surface area contributed by atoms with Gasteiger partial charge in [0.25, 0.3) is 5.91 Å². The van der Waals surface area contributed by atoms with Crippen molar-refractivity contribution < 1.29 is 24.2 Å². The lowest BCUT2D eigenvalue weighted by atomic mass is 10.2. The number of rotatable bonds is 6. The predicted molar refractivity (Wildman–Crippen MR) is 110 cm³/mol. The van der Waals surface area contributed by atoms with E-state index in [2.05, 4.69) is 20.3 Å². The van der Waals surface area contributed by atoms with Gasteiger partial charge in [-0.3, -0.25) is 9.36 Å². The van der Waals surface area contributed by atoms with E-state index in [-0.39, 0.29) is 24.8 Å². The molecule has 1 fully saturated rings. The summed E-state index contributed by atoms with van der Waals surface area (Å²) in [6, 6.07) is 8.77.